The largest absolute Gasteiger partial charge is 0.494 e. The lowest BCUT2D eigenvalue weighted by Gasteiger charge is -2.31. The number of aliphatic hydroxyl groups excluding tert-OH is 1. The summed E-state index contributed by atoms with van der Waals surface area (Å²) in [6.45, 7) is 7.13. The van der Waals surface area contributed by atoms with E-state index in [2.05, 4.69) is 66.6 Å². The number of aliphatic hydroxyl groups is 2. The Morgan fingerprint density at radius 2 is 2.19 bits per heavy atom. The van der Waals surface area contributed by atoms with Gasteiger partial charge in [0.15, 0.2) is 6.29 Å². The van der Waals surface area contributed by atoms with Crippen LogP contribution in [0.2, 0.25) is 0 Å². The highest BCUT2D eigenvalue weighted by molar-refractivity contribution is 5.67. The van der Waals surface area contributed by atoms with Gasteiger partial charge in [0.25, 0.3) is 0 Å². The molecule has 3 heterocycles. The predicted octanol–water partition coefficient (Wildman–Crippen LogP) is 2.52. The lowest BCUT2D eigenvalue weighted by atomic mass is 9.89. The van der Waals surface area contributed by atoms with Crippen molar-refractivity contribution in [3.05, 3.63) is 59.7 Å². The first-order valence-electron chi connectivity index (χ1n) is 11.5. The van der Waals surface area contributed by atoms with Gasteiger partial charge < -0.3 is 29.9 Å². The Morgan fingerprint density at radius 3 is 2.91 bits per heavy atom. The summed E-state index contributed by atoms with van der Waals surface area (Å²) in [4.78, 5) is 6.32. The average molecular weight is 444 g/mol. The molecule has 0 bridgehead atoms. The number of ether oxygens (including phenoxy) is 2. The van der Waals surface area contributed by atoms with Crippen LogP contribution in [-0.2, 0) is 9.47 Å². The lowest BCUT2D eigenvalue weighted by molar-refractivity contribution is -0.0737. The summed E-state index contributed by atoms with van der Waals surface area (Å²) in [6, 6.07) is 0.0547. The molecule has 0 radical (unpaired) electrons. The molecule has 4 atom stereocenters. The maximum atomic E-state index is 9.64. The highest BCUT2D eigenvalue weighted by Crippen LogP contribution is 2.29. The first-order chi connectivity index (χ1) is 15.5. The number of likely N-dealkylation sites (N-methyl/N-ethyl adjacent to an activating group) is 1. The molecule has 3 rings (SSSR count). The first kappa shape index (κ1) is 24.5. The molecule has 176 valence electrons. The molecule has 3 N–H and O–H groups in total. The van der Waals surface area contributed by atoms with Crippen LogP contribution in [0.1, 0.15) is 26.7 Å². The van der Waals surface area contributed by atoms with E-state index in [-0.39, 0.29) is 12.1 Å². The molecule has 0 aromatic carbocycles. The Kier molecular flexibility index (Phi) is 9.29. The zero-order chi connectivity index (χ0) is 22.9. The molecular formula is C25H37N3O4. The highest BCUT2D eigenvalue weighted by atomic mass is 16.5. The number of rotatable bonds is 10. The lowest BCUT2D eigenvalue weighted by Crippen LogP contribution is -2.45. The molecule has 3 aliphatic rings. The van der Waals surface area contributed by atoms with Crippen LogP contribution >= 0.6 is 0 Å². The Morgan fingerprint density at radius 1 is 1.34 bits per heavy atom. The van der Waals surface area contributed by atoms with Crippen LogP contribution in [0.25, 0.3) is 0 Å². The minimum atomic E-state index is -1.41. The van der Waals surface area contributed by atoms with Gasteiger partial charge in [0, 0.05) is 44.2 Å². The quantitative estimate of drug-likeness (QED) is 0.450. The Labute approximate surface area is 191 Å². The van der Waals surface area contributed by atoms with Crippen molar-refractivity contribution in [2.45, 2.75) is 45.1 Å². The Bertz CT molecular complexity index is 797. The van der Waals surface area contributed by atoms with Crippen LogP contribution in [0.4, 0.5) is 0 Å². The van der Waals surface area contributed by atoms with E-state index >= 15 is 0 Å². The number of hydrogen-bond acceptors (Lipinski definition) is 7. The SMILES string of the molecule is CCC1=C(/C=C/N(C)C(C)/C=C\C2=CCOC2)OCC[C@H]1CNC1C=NC=CC1C(O)O. The van der Waals surface area contributed by atoms with Gasteiger partial charge in [-0.15, -0.1) is 0 Å². The predicted molar refractivity (Wildman–Crippen MR) is 127 cm³/mol. The Hall–Kier alpha value is -2.19. The molecule has 32 heavy (non-hydrogen) atoms. The van der Waals surface area contributed by atoms with Crippen LogP contribution in [0, 0.1) is 11.8 Å². The third-order valence-corrected chi connectivity index (χ3v) is 6.34. The van der Waals surface area contributed by atoms with Gasteiger partial charge in [0.2, 0.25) is 0 Å². The molecule has 0 aromatic heterocycles. The van der Waals surface area contributed by atoms with Crippen LogP contribution in [0.3, 0.4) is 0 Å². The van der Waals surface area contributed by atoms with E-state index in [0.717, 1.165) is 25.1 Å². The number of nitrogens with one attached hydrogen (secondary N) is 1. The van der Waals surface area contributed by atoms with Crippen molar-refractivity contribution < 1.29 is 19.7 Å². The topological polar surface area (TPSA) is 86.6 Å². The van der Waals surface area contributed by atoms with Gasteiger partial charge in [0.05, 0.1) is 25.9 Å². The normalized spacial score (nSPS) is 26.9. The average Bonchev–Trinajstić information content (AvgIpc) is 3.33. The van der Waals surface area contributed by atoms with Gasteiger partial charge in [-0.1, -0.05) is 31.2 Å². The Balaban J connectivity index is 1.60. The van der Waals surface area contributed by atoms with E-state index in [1.54, 1.807) is 18.5 Å². The molecule has 0 amide bonds. The van der Waals surface area contributed by atoms with Crippen LogP contribution < -0.4 is 5.32 Å². The van der Waals surface area contributed by atoms with Gasteiger partial charge in [-0.05, 0) is 42.9 Å². The molecule has 3 unspecified atom stereocenters. The molecule has 0 spiro atoms. The summed E-state index contributed by atoms with van der Waals surface area (Å²) < 4.78 is 11.4. The van der Waals surface area contributed by atoms with E-state index in [1.807, 2.05) is 0 Å². The van der Waals surface area contributed by atoms with Gasteiger partial charge in [0.1, 0.15) is 5.76 Å². The van der Waals surface area contributed by atoms with Gasteiger partial charge in [-0.2, -0.15) is 0 Å². The standard InChI is InChI=1S/C25H37N3O4/c1-4-21-20(15-27-23-16-26-11-7-22(23)25(29)30)10-14-32-24(21)8-12-28(3)18(2)5-6-19-9-13-31-17-19/h5-9,11-12,16,18,20,22-23,25,27,29-30H,4,10,13-15,17H2,1-3H3/b6-5-,12-8+/t18?,20-,22?,23?/m0/s1. The van der Waals surface area contributed by atoms with Crippen molar-refractivity contribution in [2.24, 2.45) is 16.8 Å². The van der Waals surface area contributed by atoms with E-state index in [0.29, 0.717) is 25.7 Å². The van der Waals surface area contributed by atoms with Crippen LogP contribution in [-0.4, -0.2) is 73.1 Å². The monoisotopic (exact) mass is 443 g/mol. The van der Waals surface area contributed by atoms with Crippen molar-refractivity contribution in [1.29, 1.82) is 0 Å². The van der Waals surface area contributed by atoms with Crippen molar-refractivity contribution in [3.63, 3.8) is 0 Å². The fraction of sp³-hybridized carbons (Fsp3) is 0.560. The second-order valence-corrected chi connectivity index (χ2v) is 8.52. The summed E-state index contributed by atoms with van der Waals surface area (Å²) in [7, 11) is 2.06. The fourth-order valence-corrected chi connectivity index (χ4v) is 4.12. The molecule has 3 aliphatic heterocycles. The maximum Gasteiger partial charge on any atom is 0.159 e. The zero-order valence-electron chi connectivity index (χ0n) is 19.4. The minimum Gasteiger partial charge on any atom is -0.494 e. The highest BCUT2D eigenvalue weighted by Gasteiger charge is 2.28. The molecule has 0 aromatic rings. The second kappa shape index (κ2) is 12.2. The summed E-state index contributed by atoms with van der Waals surface area (Å²) in [6.07, 6.45) is 16.1. The number of nitrogens with zero attached hydrogens (tertiary/aromatic N) is 2. The molecule has 0 aliphatic carbocycles. The molecule has 0 saturated heterocycles. The van der Waals surface area contributed by atoms with Gasteiger partial charge >= 0.3 is 0 Å². The van der Waals surface area contributed by atoms with Crippen LogP contribution in [0.5, 0.6) is 0 Å². The molecule has 0 saturated carbocycles. The minimum absolute atomic E-state index is 0.195. The van der Waals surface area contributed by atoms with Gasteiger partial charge in [-0.3, -0.25) is 4.99 Å². The van der Waals surface area contributed by atoms with E-state index in [4.69, 9.17) is 9.47 Å². The second-order valence-electron chi connectivity index (χ2n) is 8.52. The molecule has 7 heteroatoms. The number of hydrogen-bond donors (Lipinski definition) is 3. The number of allylic oxidation sites excluding steroid dienone is 1. The molecular weight excluding hydrogens is 406 g/mol. The summed E-state index contributed by atoms with van der Waals surface area (Å²) in [5.41, 5.74) is 2.51. The van der Waals surface area contributed by atoms with E-state index < -0.39 is 12.2 Å². The van der Waals surface area contributed by atoms with Gasteiger partial charge in [-0.25, -0.2) is 0 Å². The number of aliphatic imine (C=N–C) groups is 1. The summed E-state index contributed by atoms with van der Waals surface area (Å²) >= 11 is 0. The van der Waals surface area contributed by atoms with Crippen molar-refractivity contribution in [2.75, 3.05) is 33.4 Å². The van der Waals surface area contributed by atoms with Crippen molar-refractivity contribution >= 4 is 6.21 Å². The summed E-state index contributed by atoms with van der Waals surface area (Å²) in [5.74, 6) is 0.882. The third kappa shape index (κ3) is 6.65. The van der Waals surface area contributed by atoms with E-state index in [1.165, 1.54) is 11.1 Å². The fourth-order valence-electron chi connectivity index (χ4n) is 4.12. The summed E-state index contributed by atoms with van der Waals surface area (Å²) in [5, 5.41) is 22.7. The molecule has 0 fully saturated rings. The smallest absolute Gasteiger partial charge is 0.159 e. The first-order valence-corrected chi connectivity index (χ1v) is 11.5. The van der Waals surface area contributed by atoms with Crippen molar-refractivity contribution in [1.82, 2.24) is 10.2 Å². The van der Waals surface area contributed by atoms with E-state index in [9.17, 15) is 10.2 Å². The zero-order valence-corrected chi connectivity index (χ0v) is 19.4. The van der Waals surface area contributed by atoms with Crippen molar-refractivity contribution in [3.8, 4) is 0 Å². The third-order valence-electron chi connectivity index (χ3n) is 6.34. The maximum absolute atomic E-state index is 9.64. The van der Waals surface area contributed by atoms with Crippen LogP contribution in [0.15, 0.2) is 64.7 Å². The molecule has 7 nitrogen and oxygen atoms in total.